The summed E-state index contributed by atoms with van der Waals surface area (Å²) in [6.45, 7) is -1.48. The van der Waals surface area contributed by atoms with Crippen molar-refractivity contribution in [2.24, 2.45) is 0 Å². The highest BCUT2D eigenvalue weighted by molar-refractivity contribution is 9.10. The minimum Gasteiger partial charge on any atom is -0.433 e. The molecule has 0 fully saturated rings. The number of likely N-dealkylation sites (N-methyl/N-ethyl adjacent to an activating group) is 1. The highest BCUT2D eigenvalue weighted by Crippen LogP contribution is 2.25. The molecule has 2 aromatic rings. The van der Waals surface area contributed by atoms with Gasteiger partial charge in [-0.2, -0.15) is 8.78 Å². The van der Waals surface area contributed by atoms with Crippen LogP contribution in [0.5, 0.6) is 5.75 Å². The zero-order chi connectivity index (χ0) is 20.7. The van der Waals surface area contributed by atoms with Crippen molar-refractivity contribution in [3.63, 3.8) is 0 Å². The highest BCUT2D eigenvalue weighted by Gasteiger charge is 2.22. The average Bonchev–Trinajstić information content (AvgIpc) is 2.64. The van der Waals surface area contributed by atoms with E-state index in [1.807, 2.05) is 0 Å². The summed E-state index contributed by atoms with van der Waals surface area (Å²) in [7, 11) is 1.60. The van der Waals surface area contributed by atoms with E-state index in [4.69, 9.17) is 0 Å². The Balaban J connectivity index is 1.93. The summed E-state index contributed by atoms with van der Waals surface area (Å²) in [4.78, 5) is 30.1. The Morgan fingerprint density at radius 1 is 1.21 bits per heavy atom. The van der Waals surface area contributed by atoms with Gasteiger partial charge in [0.05, 0.1) is 18.3 Å². The van der Waals surface area contributed by atoms with Crippen LogP contribution in [0.4, 0.5) is 20.3 Å². The Hall–Kier alpha value is -2.59. The van der Waals surface area contributed by atoms with E-state index in [1.165, 1.54) is 23.1 Å². The second-order valence-corrected chi connectivity index (χ2v) is 6.78. The molecule has 150 valence electrons. The molecule has 0 saturated carbocycles. The topological polar surface area (TPSA) is 83.6 Å². The third-order valence-electron chi connectivity index (χ3n) is 3.79. The maximum atomic E-state index is 12.5. The number of carbonyl (C=O) groups is 2. The van der Waals surface area contributed by atoms with Crippen LogP contribution in [0.3, 0.4) is 0 Å². The summed E-state index contributed by atoms with van der Waals surface area (Å²) in [6, 6.07) is 8.55. The number of rotatable bonds is 8. The van der Waals surface area contributed by atoms with E-state index in [0.29, 0.717) is 5.82 Å². The molecule has 28 heavy (non-hydrogen) atoms. The van der Waals surface area contributed by atoms with Crippen LogP contribution in [0, 0.1) is 0 Å². The molecule has 2 N–H and O–H groups in total. The lowest BCUT2D eigenvalue weighted by molar-refractivity contribution is -0.122. The molecule has 0 aliphatic carbocycles. The largest absolute Gasteiger partial charge is 0.433 e. The molecule has 0 radical (unpaired) electrons. The molecule has 1 atom stereocenters. The summed E-state index contributed by atoms with van der Waals surface area (Å²) in [5, 5.41) is 5.16. The van der Waals surface area contributed by atoms with Gasteiger partial charge in [0.25, 0.3) is 0 Å². The summed E-state index contributed by atoms with van der Waals surface area (Å²) in [5.74, 6) is -0.572. The number of hydrogen-bond donors (Lipinski definition) is 2. The Bertz CT molecular complexity index is 821. The number of aromatic nitrogens is 1. The molecule has 0 saturated heterocycles. The Morgan fingerprint density at radius 2 is 1.93 bits per heavy atom. The molecule has 0 aliphatic heterocycles. The van der Waals surface area contributed by atoms with Crippen molar-refractivity contribution in [2.75, 3.05) is 24.2 Å². The van der Waals surface area contributed by atoms with Crippen molar-refractivity contribution in [1.29, 1.82) is 0 Å². The molecule has 1 unspecified atom stereocenters. The molecule has 1 heterocycles. The van der Waals surface area contributed by atoms with Crippen molar-refractivity contribution in [3.05, 3.63) is 47.1 Å². The van der Waals surface area contributed by atoms with E-state index in [9.17, 15) is 18.4 Å². The van der Waals surface area contributed by atoms with Gasteiger partial charge in [-0.3, -0.25) is 14.5 Å². The molecule has 1 aromatic heterocycles. The number of para-hydroxylation sites is 2. The number of ether oxygens (including phenoxy) is 1. The van der Waals surface area contributed by atoms with E-state index < -0.39 is 18.6 Å². The van der Waals surface area contributed by atoms with Crippen molar-refractivity contribution < 1.29 is 23.1 Å². The number of nitrogens with one attached hydrogen (secondary N) is 2. The maximum Gasteiger partial charge on any atom is 0.387 e. The van der Waals surface area contributed by atoms with Crippen molar-refractivity contribution in [2.45, 2.75) is 19.6 Å². The zero-order valence-corrected chi connectivity index (χ0v) is 16.7. The van der Waals surface area contributed by atoms with Gasteiger partial charge in [0.2, 0.25) is 11.8 Å². The molecular formula is C18H19BrF2N4O3. The van der Waals surface area contributed by atoms with Crippen LogP contribution in [0.1, 0.15) is 6.92 Å². The standard InChI is InChI=1S/C18H19BrF2N4O3/c1-11(17(27)23-13-5-3-4-6-14(13)28-18(20)21)25(2)10-16(26)24-15-8-7-12(19)9-22-15/h3-9,11,18H,10H2,1-2H3,(H,23,27)(H,22,24,26). The van der Waals surface area contributed by atoms with Gasteiger partial charge in [-0.1, -0.05) is 12.1 Å². The van der Waals surface area contributed by atoms with Gasteiger partial charge in [-0.25, -0.2) is 4.98 Å². The monoisotopic (exact) mass is 456 g/mol. The molecule has 0 aliphatic rings. The third-order valence-corrected chi connectivity index (χ3v) is 4.26. The second-order valence-electron chi connectivity index (χ2n) is 5.86. The van der Waals surface area contributed by atoms with Gasteiger partial charge in [-0.15, -0.1) is 0 Å². The molecule has 7 nitrogen and oxygen atoms in total. The minimum atomic E-state index is -3.01. The predicted molar refractivity (Wildman–Crippen MR) is 104 cm³/mol. The number of alkyl halides is 2. The molecule has 0 spiro atoms. The summed E-state index contributed by atoms with van der Waals surface area (Å²) in [5.41, 5.74) is 0.122. The first kappa shape index (κ1) is 21.7. The maximum absolute atomic E-state index is 12.5. The SMILES string of the molecule is CC(C(=O)Nc1ccccc1OC(F)F)N(C)CC(=O)Nc1ccc(Br)cn1. The molecule has 2 amide bonds. The van der Waals surface area contributed by atoms with Crippen LogP contribution >= 0.6 is 15.9 Å². The van der Waals surface area contributed by atoms with Gasteiger partial charge < -0.3 is 15.4 Å². The van der Waals surface area contributed by atoms with Gasteiger partial charge in [0.15, 0.2) is 0 Å². The zero-order valence-electron chi connectivity index (χ0n) is 15.2. The van der Waals surface area contributed by atoms with Crippen LogP contribution in [0.2, 0.25) is 0 Å². The number of pyridine rings is 1. The fraction of sp³-hybridized carbons (Fsp3) is 0.278. The lowest BCUT2D eigenvalue weighted by atomic mass is 10.2. The lowest BCUT2D eigenvalue weighted by Crippen LogP contribution is -2.43. The first-order chi connectivity index (χ1) is 13.3. The van der Waals surface area contributed by atoms with E-state index in [1.54, 1.807) is 38.4 Å². The summed E-state index contributed by atoms with van der Waals surface area (Å²) >= 11 is 3.25. The number of hydrogen-bond acceptors (Lipinski definition) is 5. The van der Waals surface area contributed by atoms with Crippen LogP contribution in [0.25, 0.3) is 0 Å². The number of nitrogens with zero attached hydrogens (tertiary/aromatic N) is 2. The fourth-order valence-electron chi connectivity index (χ4n) is 2.20. The fourth-order valence-corrected chi connectivity index (χ4v) is 2.44. The van der Waals surface area contributed by atoms with Crippen LogP contribution in [-0.4, -0.2) is 47.9 Å². The molecule has 0 bridgehead atoms. The second kappa shape index (κ2) is 10.1. The number of amides is 2. The number of carbonyl (C=O) groups excluding carboxylic acids is 2. The quantitative estimate of drug-likeness (QED) is 0.636. The molecule has 10 heteroatoms. The molecule has 2 rings (SSSR count). The number of anilines is 2. The van der Waals surface area contributed by atoms with Crippen LogP contribution in [0.15, 0.2) is 47.1 Å². The first-order valence-electron chi connectivity index (χ1n) is 8.22. The van der Waals surface area contributed by atoms with Crippen molar-refractivity contribution in [3.8, 4) is 5.75 Å². The molecule has 1 aromatic carbocycles. The third kappa shape index (κ3) is 6.54. The van der Waals surface area contributed by atoms with Crippen molar-refractivity contribution in [1.82, 2.24) is 9.88 Å². The lowest BCUT2D eigenvalue weighted by Gasteiger charge is -2.23. The van der Waals surface area contributed by atoms with E-state index in [-0.39, 0.29) is 23.9 Å². The van der Waals surface area contributed by atoms with E-state index in [2.05, 4.69) is 36.3 Å². The summed E-state index contributed by atoms with van der Waals surface area (Å²) < 4.78 is 30.1. The predicted octanol–water partition coefficient (Wildman–Crippen LogP) is 3.34. The normalized spacial score (nSPS) is 12.0. The van der Waals surface area contributed by atoms with Crippen LogP contribution in [-0.2, 0) is 9.59 Å². The first-order valence-corrected chi connectivity index (χ1v) is 9.02. The molecular weight excluding hydrogens is 438 g/mol. The number of halogens is 3. The highest BCUT2D eigenvalue weighted by atomic mass is 79.9. The van der Waals surface area contributed by atoms with Gasteiger partial charge in [-0.05, 0) is 54.2 Å². The van der Waals surface area contributed by atoms with Gasteiger partial charge in [0, 0.05) is 10.7 Å². The van der Waals surface area contributed by atoms with E-state index >= 15 is 0 Å². The number of benzene rings is 1. The summed E-state index contributed by atoms with van der Waals surface area (Å²) in [6.07, 6.45) is 1.55. The van der Waals surface area contributed by atoms with E-state index in [0.717, 1.165) is 4.47 Å². The smallest absolute Gasteiger partial charge is 0.387 e. The average molecular weight is 457 g/mol. The van der Waals surface area contributed by atoms with Gasteiger partial charge in [0.1, 0.15) is 11.6 Å². The Morgan fingerprint density at radius 3 is 2.57 bits per heavy atom. The van der Waals surface area contributed by atoms with Crippen LogP contribution < -0.4 is 15.4 Å². The minimum absolute atomic E-state index is 0.0679. The Labute approximate surface area is 169 Å². The van der Waals surface area contributed by atoms with Gasteiger partial charge >= 0.3 is 6.61 Å². The Kier molecular flexibility index (Phi) is 7.82. The van der Waals surface area contributed by atoms with Crippen molar-refractivity contribution >= 4 is 39.2 Å².